The molecule has 1 aromatic carbocycles. The molecule has 3 nitrogen and oxygen atoms in total. The summed E-state index contributed by atoms with van der Waals surface area (Å²) >= 11 is 3.39. The van der Waals surface area contributed by atoms with Gasteiger partial charge >= 0.3 is 0 Å². The lowest BCUT2D eigenvalue weighted by Crippen LogP contribution is -2.20. The number of pyridine rings is 1. The molecule has 0 amide bonds. The predicted molar refractivity (Wildman–Crippen MR) is 79.7 cm³/mol. The molecule has 1 aromatic heterocycles. The van der Waals surface area contributed by atoms with Gasteiger partial charge in [0.25, 0.3) is 0 Å². The minimum Gasteiger partial charge on any atom is -0.493 e. The van der Waals surface area contributed by atoms with Gasteiger partial charge in [0.15, 0.2) is 0 Å². The predicted octanol–water partition coefficient (Wildman–Crippen LogP) is 3.82. The Labute approximate surface area is 121 Å². The smallest absolute Gasteiger partial charge is 0.125 e. The van der Waals surface area contributed by atoms with Crippen LogP contribution in [0.3, 0.4) is 0 Å². The van der Waals surface area contributed by atoms with E-state index in [0.717, 1.165) is 35.6 Å². The zero-order valence-electron chi connectivity index (χ0n) is 10.5. The van der Waals surface area contributed by atoms with Crippen LogP contribution in [-0.2, 0) is 0 Å². The van der Waals surface area contributed by atoms with Crippen LogP contribution in [0.2, 0.25) is 0 Å². The number of halogens is 1. The minimum atomic E-state index is 0.482. The van der Waals surface area contributed by atoms with Gasteiger partial charge in [-0.25, -0.2) is 4.98 Å². The quantitative estimate of drug-likeness (QED) is 0.934. The summed E-state index contributed by atoms with van der Waals surface area (Å²) in [7, 11) is 0. The number of fused-ring (bicyclic) bond motifs is 1. The molecule has 19 heavy (non-hydrogen) atoms. The van der Waals surface area contributed by atoms with Gasteiger partial charge in [0, 0.05) is 23.1 Å². The molecule has 98 valence electrons. The highest BCUT2D eigenvalue weighted by Gasteiger charge is 2.20. The molecule has 0 bridgehead atoms. The number of nitrogens with zero attached hydrogens (tertiary/aromatic N) is 1. The van der Waals surface area contributed by atoms with Gasteiger partial charge < -0.3 is 10.1 Å². The van der Waals surface area contributed by atoms with Crippen molar-refractivity contribution in [2.75, 3.05) is 18.5 Å². The zero-order chi connectivity index (χ0) is 13.1. The van der Waals surface area contributed by atoms with E-state index in [1.165, 1.54) is 5.56 Å². The number of aromatic nitrogens is 1. The van der Waals surface area contributed by atoms with Crippen LogP contribution < -0.4 is 10.1 Å². The highest BCUT2D eigenvalue weighted by Crippen LogP contribution is 2.33. The third-order valence-electron chi connectivity index (χ3n) is 3.34. The molecule has 1 atom stereocenters. The molecule has 1 aliphatic heterocycles. The van der Waals surface area contributed by atoms with Gasteiger partial charge in [-0.15, -0.1) is 0 Å². The monoisotopic (exact) mass is 318 g/mol. The zero-order valence-corrected chi connectivity index (χ0v) is 12.1. The van der Waals surface area contributed by atoms with E-state index in [1.54, 1.807) is 6.20 Å². The molecular formula is C15H15BrN2O. The highest BCUT2D eigenvalue weighted by atomic mass is 79.9. The molecule has 1 aliphatic rings. The Morgan fingerprint density at radius 2 is 2.16 bits per heavy atom. The summed E-state index contributed by atoms with van der Waals surface area (Å²) in [4.78, 5) is 4.33. The van der Waals surface area contributed by atoms with E-state index < -0.39 is 0 Å². The second-order valence-corrected chi connectivity index (χ2v) is 5.53. The number of rotatable bonds is 3. The van der Waals surface area contributed by atoms with Gasteiger partial charge in [-0.3, -0.25) is 0 Å². The van der Waals surface area contributed by atoms with Crippen LogP contribution >= 0.6 is 15.9 Å². The summed E-state index contributed by atoms with van der Waals surface area (Å²) in [6.07, 6.45) is 2.85. The molecule has 0 saturated carbocycles. The third-order valence-corrected chi connectivity index (χ3v) is 3.81. The standard InChI is InChI=1S/C15H15BrN2O/c16-12-5-6-15(18-10-12)17-9-11-7-8-19-14-4-2-1-3-13(11)14/h1-6,10-11H,7-9H2,(H,17,18). The summed E-state index contributed by atoms with van der Waals surface area (Å²) in [5, 5.41) is 3.39. The van der Waals surface area contributed by atoms with Gasteiger partial charge in [0.2, 0.25) is 0 Å². The van der Waals surface area contributed by atoms with Crippen molar-refractivity contribution < 1.29 is 4.74 Å². The van der Waals surface area contributed by atoms with Gasteiger partial charge in [0.1, 0.15) is 11.6 Å². The maximum absolute atomic E-state index is 5.67. The molecule has 1 N–H and O–H groups in total. The Hall–Kier alpha value is -1.55. The lowest BCUT2D eigenvalue weighted by molar-refractivity contribution is 0.270. The summed E-state index contributed by atoms with van der Waals surface area (Å²) < 4.78 is 6.67. The Morgan fingerprint density at radius 3 is 3.00 bits per heavy atom. The largest absolute Gasteiger partial charge is 0.493 e. The van der Waals surface area contributed by atoms with E-state index in [-0.39, 0.29) is 0 Å². The van der Waals surface area contributed by atoms with E-state index >= 15 is 0 Å². The first-order valence-corrected chi connectivity index (χ1v) is 7.19. The van der Waals surface area contributed by atoms with Crippen molar-refractivity contribution in [3.05, 3.63) is 52.6 Å². The topological polar surface area (TPSA) is 34.1 Å². The fourth-order valence-corrected chi connectivity index (χ4v) is 2.57. The Morgan fingerprint density at radius 1 is 1.26 bits per heavy atom. The molecule has 2 aromatic rings. The third kappa shape index (κ3) is 2.89. The van der Waals surface area contributed by atoms with Crippen molar-refractivity contribution in [1.82, 2.24) is 4.98 Å². The average Bonchev–Trinajstić information content (AvgIpc) is 2.47. The van der Waals surface area contributed by atoms with Crippen molar-refractivity contribution in [3.8, 4) is 5.75 Å². The van der Waals surface area contributed by atoms with Crippen LogP contribution in [0.25, 0.3) is 0 Å². The first-order valence-electron chi connectivity index (χ1n) is 6.40. The van der Waals surface area contributed by atoms with Crippen LogP contribution in [0.15, 0.2) is 47.1 Å². The maximum Gasteiger partial charge on any atom is 0.125 e. The van der Waals surface area contributed by atoms with Gasteiger partial charge in [-0.05, 0) is 46.1 Å². The van der Waals surface area contributed by atoms with Gasteiger partial charge in [-0.2, -0.15) is 0 Å². The molecule has 4 heteroatoms. The summed E-state index contributed by atoms with van der Waals surface area (Å²) in [6.45, 7) is 1.67. The number of hydrogen-bond acceptors (Lipinski definition) is 3. The van der Waals surface area contributed by atoms with E-state index in [0.29, 0.717) is 5.92 Å². The summed E-state index contributed by atoms with van der Waals surface area (Å²) in [6, 6.07) is 12.3. The lowest BCUT2D eigenvalue weighted by Gasteiger charge is -2.26. The minimum absolute atomic E-state index is 0.482. The Kier molecular flexibility index (Phi) is 3.69. The lowest BCUT2D eigenvalue weighted by atomic mass is 9.93. The SMILES string of the molecule is Brc1ccc(NCC2CCOc3ccccc32)nc1. The first-order chi connectivity index (χ1) is 9.33. The number of anilines is 1. The molecule has 0 aliphatic carbocycles. The van der Waals surface area contributed by atoms with Gasteiger partial charge in [-0.1, -0.05) is 18.2 Å². The van der Waals surface area contributed by atoms with E-state index in [4.69, 9.17) is 4.74 Å². The Bertz CT molecular complexity index is 556. The number of para-hydroxylation sites is 1. The fraction of sp³-hybridized carbons (Fsp3) is 0.267. The molecule has 3 rings (SSSR count). The van der Waals surface area contributed by atoms with Crippen molar-refractivity contribution in [3.63, 3.8) is 0 Å². The fourth-order valence-electron chi connectivity index (χ4n) is 2.34. The second-order valence-electron chi connectivity index (χ2n) is 4.61. The van der Waals surface area contributed by atoms with Crippen molar-refractivity contribution in [1.29, 1.82) is 0 Å². The van der Waals surface area contributed by atoms with Crippen LogP contribution in [0.1, 0.15) is 17.9 Å². The van der Waals surface area contributed by atoms with Crippen LogP contribution in [-0.4, -0.2) is 18.1 Å². The second kappa shape index (κ2) is 5.61. The van der Waals surface area contributed by atoms with E-state index in [9.17, 15) is 0 Å². The average molecular weight is 319 g/mol. The molecule has 1 unspecified atom stereocenters. The van der Waals surface area contributed by atoms with E-state index in [1.807, 2.05) is 24.3 Å². The van der Waals surface area contributed by atoms with E-state index in [2.05, 4.69) is 38.4 Å². The number of hydrogen-bond donors (Lipinski definition) is 1. The highest BCUT2D eigenvalue weighted by molar-refractivity contribution is 9.10. The van der Waals surface area contributed by atoms with Crippen molar-refractivity contribution in [2.45, 2.75) is 12.3 Å². The molecule has 0 spiro atoms. The van der Waals surface area contributed by atoms with Crippen LogP contribution in [0.4, 0.5) is 5.82 Å². The van der Waals surface area contributed by atoms with Crippen molar-refractivity contribution in [2.24, 2.45) is 0 Å². The normalized spacial score (nSPS) is 17.4. The molecule has 0 radical (unpaired) electrons. The molecule has 0 saturated heterocycles. The molecule has 0 fully saturated rings. The molecular weight excluding hydrogens is 304 g/mol. The van der Waals surface area contributed by atoms with Crippen molar-refractivity contribution >= 4 is 21.7 Å². The van der Waals surface area contributed by atoms with Gasteiger partial charge in [0.05, 0.1) is 6.61 Å². The Balaban J connectivity index is 1.69. The molecule has 2 heterocycles. The number of nitrogens with one attached hydrogen (secondary N) is 1. The van der Waals surface area contributed by atoms with Crippen LogP contribution in [0, 0.1) is 0 Å². The maximum atomic E-state index is 5.67. The number of benzene rings is 1. The first kappa shape index (κ1) is 12.5. The summed E-state index contributed by atoms with van der Waals surface area (Å²) in [5.41, 5.74) is 1.29. The summed E-state index contributed by atoms with van der Waals surface area (Å²) in [5.74, 6) is 2.41. The number of ether oxygens (including phenoxy) is 1. The van der Waals surface area contributed by atoms with Crippen LogP contribution in [0.5, 0.6) is 5.75 Å².